The van der Waals surface area contributed by atoms with E-state index in [1.807, 2.05) is 0 Å². The van der Waals surface area contributed by atoms with Gasteiger partial charge in [0.2, 0.25) is 5.60 Å². The van der Waals surface area contributed by atoms with Gasteiger partial charge < -0.3 is 35.8 Å². The van der Waals surface area contributed by atoms with Gasteiger partial charge in [0.05, 0.1) is 11.5 Å². The van der Waals surface area contributed by atoms with Crippen molar-refractivity contribution in [1.29, 1.82) is 0 Å². The maximum atomic E-state index is 12.9. The largest absolute Gasteiger partial charge is 0.547 e. The first kappa shape index (κ1) is 23.0. The van der Waals surface area contributed by atoms with Crippen molar-refractivity contribution in [3.63, 3.8) is 0 Å². The number of nitrogens with one attached hydrogen (secondary N) is 1. The van der Waals surface area contributed by atoms with Gasteiger partial charge in [-0.05, 0) is 31.9 Å². The van der Waals surface area contributed by atoms with E-state index in [-0.39, 0.29) is 34.3 Å². The molecule has 2 aromatic rings. The van der Waals surface area contributed by atoms with Crippen LogP contribution in [0.15, 0.2) is 28.7 Å². The van der Waals surface area contributed by atoms with Crippen molar-refractivity contribution in [3.05, 3.63) is 40.4 Å². The van der Waals surface area contributed by atoms with Crippen LogP contribution in [0.3, 0.4) is 0 Å². The zero-order chi connectivity index (χ0) is 23.6. The lowest BCUT2D eigenvalue weighted by Crippen LogP contribution is -2.54. The third kappa shape index (κ3) is 4.81. The van der Waals surface area contributed by atoms with E-state index in [1.165, 1.54) is 31.4 Å². The maximum Gasteiger partial charge on any atom is 0.547 e. The Labute approximate surface area is 185 Å². The summed E-state index contributed by atoms with van der Waals surface area (Å²) in [5, 5.41) is 36.6. The van der Waals surface area contributed by atoms with Crippen LogP contribution < -0.4 is 15.7 Å². The van der Waals surface area contributed by atoms with Crippen LogP contribution in [-0.2, 0) is 20.8 Å². The van der Waals surface area contributed by atoms with Crippen molar-refractivity contribution in [2.75, 3.05) is 5.73 Å². The lowest BCUT2D eigenvalue weighted by molar-refractivity contribution is -0.161. The zero-order valence-corrected chi connectivity index (χ0v) is 17.8. The molecule has 1 unspecified atom stereocenters. The number of anilines is 1. The number of carboxylic acids is 2. The Bertz CT molecular complexity index is 1100. The summed E-state index contributed by atoms with van der Waals surface area (Å²) >= 11 is 1.04. The number of nitrogens with zero attached hydrogens (tertiary/aromatic N) is 2. The van der Waals surface area contributed by atoms with E-state index in [9.17, 15) is 29.6 Å². The van der Waals surface area contributed by atoms with Crippen LogP contribution in [0.2, 0.25) is 0 Å². The highest BCUT2D eigenvalue weighted by molar-refractivity contribution is 7.13. The van der Waals surface area contributed by atoms with E-state index in [2.05, 4.69) is 15.5 Å². The first-order valence-corrected chi connectivity index (χ1v) is 10.1. The molecular formula is C18H19BN4O8S. The number of carbonyl (C=O) groups excluding carboxylic acids is 1. The van der Waals surface area contributed by atoms with Gasteiger partial charge in [-0.25, -0.2) is 14.6 Å². The summed E-state index contributed by atoms with van der Waals surface area (Å²) in [5.74, 6) is -4.30. The summed E-state index contributed by atoms with van der Waals surface area (Å²) in [6.45, 7) is 2.50. The number of carboxylic acid groups (broad SMARTS) is 2. The summed E-state index contributed by atoms with van der Waals surface area (Å²) in [5.41, 5.74) is 3.94. The van der Waals surface area contributed by atoms with Crippen molar-refractivity contribution < 1.29 is 39.1 Å². The fourth-order valence-corrected chi connectivity index (χ4v) is 3.30. The number of aromatic nitrogens is 1. The van der Waals surface area contributed by atoms with Crippen molar-refractivity contribution in [3.8, 4) is 5.75 Å². The molecule has 2 heterocycles. The highest BCUT2D eigenvalue weighted by Crippen LogP contribution is 2.30. The standard InChI is InChI=1S/C18H19BN4O8S/c1-18(2,16(27)28)31-23-12(10-7-32-17(20)21-10)14(24)22-11-6-8-4-3-5-9(15(25)26)13(8)30-19(11)29/h3-5,7,11,29H,6H2,1-2H3,(H2,20,21)(H,22,24)(H,25,26)(H,27,28). The molecule has 0 fully saturated rings. The van der Waals surface area contributed by atoms with Crippen molar-refractivity contribution in [1.82, 2.24) is 10.3 Å². The lowest BCUT2D eigenvalue weighted by Gasteiger charge is -2.28. The second kappa shape index (κ2) is 8.84. The molecule has 0 saturated heterocycles. The zero-order valence-electron chi connectivity index (χ0n) is 16.9. The minimum Gasteiger partial charge on any atom is -0.534 e. The van der Waals surface area contributed by atoms with Crippen LogP contribution in [0.1, 0.15) is 35.5 Å². The fourth-order valence-electron chi connectivity index (χ4n) is 2.75. The van der Waals surface area contributed by atoms with Crippen molar-refractivity contribution in [2.24, 2.45) is 5.16 Å². The number of para-hydroxylation sites is 1. The third-order valence-electron chi connectivity index (χ3n) is 4.53. The number of aromatic carboxylic acids is 1. The first-order chi connectivity index (χ1) is 15.0. The Balaban J connectivity index is 1.85. The minimum atomic E-state index is -1.73. The van der Waals surface area contributed by atoms with Gasteiger partial charge in [-0.2, -0.15) is 0 Å². The molecule has 1 atom stereocenters. The van der Waals surface area contributed by atoms with Gasteiger partial charge in [0.1, 0.15) is 11.4 Å². The Morgan fingerprint density at radius 1 is 1.38 bits per heavy atom. The molecule has 1 amide bonds. The van der Waals surface area contributed by atoms with Gasteiger partial charge in [-0.1, -0.05) is 17.3 Å². The van der Waals surface area contributed by atoms with Gasteiger partial charge in [0.25, 0.3) is 5.91 Å². The monoisotopic (exact) mass is 462 g/mol. The topological polar surface area (TPSA) is 194 Å². The summed E-state index contributed by atoms with van der Waals surface area (Å²) < 4.78 is 5.35. The number of fused-ring (bicyclic) bond motifs is 1. The Morgan fingerprint density at radius 2 is 2.09 bits per heavy atom. The second-order valence-corrected chi connectivity index (χ2v) is 8.20. The predicted octanol–water partition coefficient (Wildman–Crippen LogP) is 0.147. The molecule has 0 aliphatic carbocycles. The molecule has 3 rings (SSSR count). The summed E-state index contributed by atoms with van der Waals surface area (Å²) in [6, 6.07) is 4.47. The number of hydrogen-bond donors (Lipinski definition) is 5. The number of amides is 1. The number of nitrogens with two attached hydrogens (primary N) is 1. The molecule has 14 heteroatoms. The quantitative estimate of drug-likeness (QED) is 0.215. The predicted molar refractivity (Wildman–Crippen MR) is 114 cm³/mol. The summed E-state index contributed by atoms with van der Waals surface area (Å²) in [6.07, 6.45) is 0.0668. The molecule has 1 aliphatic heterocycles. The Kier molecular flexibility index (Phi) is 6.36. The summed E-state index contributed by atoms with van der Waals surface area (Å²) in [4.78, 5) is 44.6. The summed E-state index contributed by atoms with van der Waals surface area (Å²) in [7, 11) is -1.55. The minimum absolute atomic E-state index is 0.0192. The highest BCUT2D eigenvalue weighted by atomic mass is 32.1. The number of carbonyl (C=O) groups is 3. The van der Waals surface area contributed by atoms with Crippen LogP contribution in [-0.4, -0.2) is 62.4 Å². The number of benzene rings is 1. The SMILES string of the molecule is CC(C)(ON=C(C(=O)NC1Cc2cccc(C(=O)O)c2OB1O)c1csc(N)n1)C(=O)O. The fraction of sp³-hybridized carbons (Fsp3) is 0.278. The number of aliphatic carboxylic acids is 1. The number of rotatable bonds is 7. The van der Waals surface area contributed by atoms with Crippen LogP contribution in [0.5, 0.6) is 5.75 Å². The molecular weight excluding hydrogens is 443 g/mol. The number of nitrogen functional groups attached to an aromatic ring is 1. The number of thiazole rings is 1. The molecule has 0 bridgehead atoms. The van der Waals surface area contributed by atoms with E-state index in [0.29, 0.717) is 5.56 Å². The third-order valence-corrected chi connectivity index (χ3v) is 5.20. The molecule has 0 saturated carbocycles. The smallest absolute Gasteiger partial charge is 0.534 e. The Hall–Kier alpha value is -3.65. The van der Waals surface area contributed by atoms with E-state index in [1.54, 1.807) is 6.07 Å². The van der Waals surface area contributed by atoms with Gasteiger partial charge in [0, 0.05) is 5.38 Å². The molecule has 32 heavy (non-hydrogen) atoms. The molecule has 1 aromatic carbocycles. The molecule has 0 radical (unpaired) electrons. The van der Waals surface area contributed by atoms with Crippen LogP contribution in [0.25, 0.3) is 0 Å². The molecule has 0 spiro atoms. The van der Waals surface area contributed by atoms with Crippen LogP contribution in [0.4, 0.5) is 5.13 Å². The van der Waals surface area contributed by atoms with Gasteiger partial charge in [-0.3, -0.25) is 4.79 Å². The normalized spacial score (nSPS) is 16.0. The maximum absolute atomic E-state index is 12.9. The van der Waals surface area contributed by atoms with Gasteiger partial charge in [0.15, 0.2) is 10.8 Å². The van der Waals surface area contributed by atoms with Crippen molar-refractivity contribution >= 4 is 47.1 Å². The molecule has 1 aliphatic rings. The molecule has 168 valence electrons. The van der Waals surface area contributed by atoms with E-state index in [4.69, 9.17) is 15.2 Å². The van der Waals surface area contributed by atoms with Crippen molar-refractivity contribution in [2.45, 2.75) is 31.8 Å². The average Bonchev–Trinajstić information content (AvgIpc) is 3.13. The van der Waals surface area contributed by atoms with E-state index >= 15 is 0 Å². The second-order valence-electron chi connectivity index (χ2n) is 7.31. The Morgan fingerprint density at radius 3 is 2.69 bits per heavy atom. The number of hydrogen-bond acceptors (Lipinski definition) is 10. The van der Waals surface area contributed by atoms with E-state index < -0.39 is 36.5 Å². The van der Waals surface area contributed by atoms with E-state index in [0.717, 1.165) is 11.3 Å². The average molecular weight is 462 g/mol. The van der Waals surface area contributed by atoms with Crippen LogP contribution in [0, 0.1) is 0 Å². The van der Waals surface area contributed by atoms with Gasteiger partial charge in [-0.15, -0.1) is 11.3 Å². The molecule has 12 nitrogen and oxygen atoms in total. The van der Waals surface area contributed by atoms with Gasteiger partial charge >= 0.3 is 19.1 Å². The number of oxime groups is 1. The lowest BCUT2D eigenvalue weighted by atomic mass is 9.72. The molecule has 6 N–H and O–H groups in total. The first-order valence-electron chi connectivity index (χ1n) is 9.21. The van der Waals surface area contributed by atoms with Crippen LogP contribution >= 0.6 is 11.3 Å². The molecule has 1 aromatic heterocycles. The highest BCUT2D eigenvalue weighted by Gasteiger charge is 2.39.